The number of rotatable bonds is 5. The van der Waals surface area contributed by atoms with E-state index in [0.717, 1.165) is 42.8 Å². The van der Waals surface area contributed by atoms with E-state index in [-0.39, 0.29) is 35.5 Å². The number of carbonyl (C=O) groups excluding carboxylic acids is 2. The molecule has 4 rings (SSSR count). The summed E-state index contributed by atoms with van der Waals surface area (Å²) >= 11 is 0. The number of piperazine rings is 1. The van der Waals surface area contributed by atoms with Crippen LogP contribution in [-0.2, 0) is 29.0 Å². The van der Waals surface area contributed by atoms with Gasteiger partial charge in [0.15, 0.2) is 0 Å². The van der Waals surface area contributed by atoms with Crippen molar-refractivity contribution in [2.75, 3.05) is 26.2 Å². The topological polar surface area (TPSA) is 49.9 Å². The van der Waals surface area contributed by atoms with Crippen LogP contribution in [0.2, 0.25) is 0 Å². The lowest BCUT2D eigenvalue weighted by Gasteiger charge is -2.38. The van der Waals surface area contributed by atoms with Crippen LogP contribution in [0.4, 0.5) is 8.78 Å². The molecule has 1 atom stereocenters. The molecule has 164 valence electrons. The Hall–Kier alpha value is -2.80. The number of nitrogens with zero attached hydrogens (tertiary/aromatic N) is 2. The smallest absolute Gasteiger partial charge is 0.338 e. The minimum Gasteiger partial charge on any atom is -0.457 e. The van der Waals surface area contributed by atoms with Crippen LogP contribution in [0.15, 0.2) is 30.3 Å². The highest BCUT2D eigenvalue weighted by atomic mass is 19.1. The Kier molecular flexibility index (Phi) is 6.05. The molecule has 7 heteroatoms. The summed E-state index contributed by atoms with van der Waals surface area (Å²) in [6, 6.07) is 8.37. The second kappa shape index (κ2) is 8.75. The molecule has 5 nitrogen and oxygen atoms in total. The standard InChI is InChI=1S/C24H26F2N2O3/c1-15-9-22(26)18(12-21(15)25)13-23(29)28-7-5-27(6-8-28)16(2)10-17-3-4-20-19(11-17)14-31-24(20)30/h3-4,9,11-12,16H,5-8,10,13-14H2,1-2H3. The molecule has 0 aromatic heterocycles. The molecular formula is C24H26F2N2O3. The van der Waals surface area contributed by atoms with E-state index in [1.165, 1.54) is 6.92 Å². The van der Waals surface area contributed by atoms with Crippen molar-refractivity contribution in [2.24, 2.45) is 0 Å². The number of amides is 1. The van der Waals surface area contributed by atoms with Crippen molar-refractivity contribution in [3.05, 3.63) is 69.8 Å². The minimum absolute atomic E-state index is 0.1000. The lowest BCUT2D eigenvalue weighted by atomic mass is 10.0. The van der Waals surface area contributed by atoms with Gasteiger partial charge in [-0.1, -0.05) is 12.1 Å². The average Bonchev–Trinajstić information content (AvgIpc) is 3.12. The first-order valence-corrected chi connectivity index (χ1v) is 10.6. The molecule has 2 aliphatic heterocycles. The number of fused-ring (bicyclic) bond motifs is 1. The predicted molar refractivity (Wildman–Crippen MR) is 112 cm³/mol. The summed E-state index contributed by atoms with van der Waals surface area (Å²) < 4.78 is 32.9. The summed E-state index contributed by atoms with van der Waals surface area (Å²) in [7, 11) is 0. The van der Waals surface area contributed by atoms with Gasteiger partial charge in [0.05, 0.1) is 12.0 Å². The van der Waals surface area contributed by atoms with Crippen LogP contribution in [0.25, 0.3) is 0 Å². The van der Waals surface area contributed by atoms with Gasteiger partial charge in [-0.2, -0.15) is 0 Å². The van der Waals surface area contributed by atoms with Gasteiger partial charge in [0.2, 0.25) is 5.91 Å². The molecule has 0 radical (unpaired) electrons. The van der Waals surface area contributed by atoms with Crippen LogP contribution < -0.4 is 0 Å². The summed E-state index contributed by atoms with van der Waals surface area (Å²) in [5.41, 5.74) is 3.07. The lowest BCUT2D eigenvalue weighted by molar-refractivity contribution is -0.132. The molecule has 1 fully saturated rings. The second-order valence-electron chi connectivity index (χ2n) is 8.41. The van der Waals surface area contributed by atoms with Gasteiger partial charge in [-0.3, -0.25) is 9.69 Å². The van der Waals surface area contributed by atoms with Crippen LogP contribution in [-0.4, -0.2) is 53.9 Å². The lowest BCUT2D eigenvalue weighted by Crippen LogP contribution is -2.52. The number of cyclic esters (lactones) is 1. The molecule has 0 N–H and O–H groups in total. The summed E-state index contributed by atoms with van der Waals surface area (Å²) in [5.74, 6) is -1.48. The molecule has 0 saturated carbocycles. The number of aryl methyl sites for hydroxylation is 1. The maximum absolute atomic E-state index is 14.1. The zero-order valence-electron chi connectivity index (χ0n) is 17.8. The third-order valence-corrected chi connectivity index (χ3v) is 6.24. The zero-order valence-corrected chi connectivity index (χ0v) is 17.8. The molecule has 2 aromatic carbocycles. The van der Waals surface area contributed by atoms with E-state index in [2.05, 4.69) is 11.8 Å². The van der Waals surface area contributed by atoms with Gasteiger partial charge in [0.1, 0.15) is 18.2 Å². The molecule has 2 aromatic rings. The number of ether oxygens (including phenoxy) is 1. The van der Waals surface area contributed by atoms with E-state index < -0.39 is 11.6 Å². The highest BCUT2D eigenvalue weighted by Gasteiger charge is 2.26. The van der Waals surface area contributed by atoms with E-state index >= 15 is 0 Å². The molecule has 0 bridgehead atoms. The van der Waals surface area contributed by atoms with Crippen molar-refractivity contribution in [3.8, 4) is 0 Å². The predicted octanol–water partition coefficient (Wildman–Crippen LogP) is 3.26. The van der Waals surface area contributed by atoms with Crippen LogP contribution in [0.5, 0.6) is 0 Å². The van der Waals surface area contributed by atoms with E-state index in [1.807, 2.05) is 18.2 Å². The second-order valence-corrected chi connectivity index (χ2v) is 8.41. The highest BCUT2D eigenvalue weighted by Crippen LogP contribution is 2.23. The van der Waals surface area contributed by atoms with Gasteiger partial charge in [-0.25, -0.2) is 13.6 Å². The van der Waals surface area contributed by atoms with Gasteiger partial charge >= 0.3 is 5.97 Å². The molecule has 0 aliphatic carbocycles. The van der Waals surface area contributed by atoms with Crippen molar-refractivity contribution < 1.29 is 23.1 Å². The Morgan fingerprint density at radius 3 is 2.58 bits per heavy atom. The van der Waals surface area contributed by atoms with Crippen LogP contribution in [0.3, 0.4) is 0 Å². The molecule has 0 spiro atoms. The quantitative estimate of drug-likeness (QED) is 0.686. The van der Waals surface area contributed by atoms with Crippen molar-refractivity contribution in [3.63, 3.8) is 0 Å². The Morgan fingerprint density at radius 1 is 1.10 bits per heavy atom. The molecular weight excluding hydrogens is 402 g/mol. The Balaban J connectivity index is 1.30. The molecule has 1 unspecified atom stereocenters. The fraction of sp³-hybridized carbons (Fsp3) is 0.417. The SMILES string of the molecule is Cc1cc(F)c(CC(=O)N2CCN(C(C)Cc3ccc4c(c3)COC4=O)CC2)cc1F. The number of carbonyl (C=O) groups is 2. The first-order valence-electron chi connectivity index (χ1n) is 10.6. The van der Waals surface area contributed by atoms with E-state index in [4.69, 9.17) is 4.74 Å². The summed E-state index contributed by atoms with van der Waals surface area (Å²) in [4.78, 5) is 28.2. The number of hydrogen-bond acceptors (Lipinski definition) is 4. The normalized spacial score (nSPS) is 17.4. The van der Waals surface area contributed by atoms with Crippen LogP contribution in [0, 0.1) is 18.6 Å². The van der Waals surface area contributed by atoms with E-state index in [1.54, 1.807) is 4.90 Å². The average molecular weight is 428 g/mol. The van der Waals surface area contributed by atoms with E-state index in [9.17, 15) is 18.4 Å². The number of hydrogen-bond donors (Lipinski definition) is 0. The van der Waals surface area contributed by atoms with Crippen molar-refractivity contribution in [2.45, 2.75) is 39.3 Å². The molecule has 31 heavy (non-hydrogen) atoms. The monoisotopic (exact) mass is 428 g/mol. The Morgan fingerprint density at radius 2 is 1.84 bits per heavy atom. The first-order chi connectivity index (χ1) is 14.8. The molecule has 2 aliphatic rings. The summed E-state index contributed by atoms with van der Waals surface area (Å²) in [6.45, 7) is 6.56. The third kappa shape index (κ3) is 4.61. The fourth-order valence-corrected chi connectivity index (χ4v) is 4.29. The summed E-state index contributed by atoms with van der Waals surface area (Å²) in [5, 5.41) is 0. The maximum Gasteiger partial charge on any atom is 0.338 e. The van der Waals surface area contributed by atoms with Crippen molar-refractivity contribution >= 4 is 11.9 Å². The van der Waals surface area contributed by atoms with Gasteiger partial charge in [-0.05, 0) is 49.6 Å². The number of halogens is 2. The van der Waals surface area contributed by atoms with Crippen molar-refractivity contribution in [1.82, 2.24) is 9.80 Å². The number of benzene rings is 2. The maximum atomic E-state index is 14.1. The highest BCUT2D eigenvalue weighted by molar-refractivity contribution is 5.93. The van der Waals surface area contributed by atoms with Gasteiger partial charge in [-0.15, -0.1) is 0 Å². The van der Waals surface area contributed by atoms with Crippen LogP contribution >= 0.6 is 0 Å². The van der Waals surface area contributed by atoms with Crippen LogP contribution in [0.1, 0.15) is 39.5 Å². The minimum atomic E-state index is -0.541. The largest absolute Gasteiger partial charge is 0.457 e. The zero-order chi connectivity index (χ0) is 22.1. The van der Waals surface area contributed by atoms with Gasteiger partial charge < -0.3 is 9.64 Å². The Labute approximate surface area is 180 Å². The Bertz CT molecular complexity index is 1020. The van der Waals surface area contributed by atoms with Gasteiger partial charge in [0.25, 0.3) is 0 Å². The molecule has 1 amide bonds. The van der Waals surface area contributed by atoms with Crippen molar-refractivity contribution in [1.29, 1.82) is 0 Å². The summed E-state index contributed by atoms with van der Waals surface area (Å²) in [6.07, 6.45) is 0.706. The van der Waals surface area contributed by atoms with Gasteiger partial charge in [0, 0.05) is 43.3 Å². The third-order valence-electron chi connectivity index (χ3n) is 6.24. The molecule has 1 saturated heterocycles. The number of esters is 1. The van der Waals surface area contributed by atoms with E-state index in [0.29, 0.717) is 25.3 Å². The molecule has 2 heterocycles. The fourth-order valence-electron chi connectivity index (χ4n) is 4.29. The first kappa shape index (κ1) is 21.4.